The first-order chi connectivity index (χ1) is 7.18. The molecule has 0 aliphatic heterocycles. The molecule has 0 spiro atoms. The molecular formula is C12H13BrN2. The maximum Gasteiger partial charge on any atom is 0.110 e. The highest BCUT2D eigenvalue weighted by atomic mass is 79.9. The highest BCUT2D eigenvalue weighted by molar-refractivity contribution is 9.10. The molecule has 0 saturated heterocycles. The Bertz CT molecular complexity index is 443. The van der Waals surface area contributed by atoms with Crippen molar-refractivity contribution in [3.8, 4) is 11.3 Å². The second-order valence-corrected chi connectivity index (χ2v) is 4.63. The summed E-state index contributed by atoms with van der Waals surface area (Å²) in [5, 5.41) is 0. The molecule has 2 aromatic rings. The van der Waals surface area contributed by atoms with Gasteiger partial charge in [0, 0.05) is 5.56 Å². The minimum atomic E-state index is 0.571. The maximum absolute atomic E-state index is 4.26. The van der Waals surface area contributed by atoms with Gasteiger partial charge >= 0.3 is 0 Å². The van der Waals surface area contributed by atoms with Gasteiger partial charge in [0.25, 0.3) is 0 Å². The van der Waals surface area contributed by atoms with Crippen LogP contribution >= 0.6 is 15.9 Å². The lowest BCUT2D eigenvalue weighted by atomic mass is 10.0. The van der Waals surface area contributed by atoms with E-state index in [1.807, 2.05) is 0 Å². The normalized spacial score (nSPS) is 10.9. The first kappa shape index (κ1) is 10.4. The predicted octanol–water partition coefficient (Wildman–Crippen LogP) is 3.96. The summed E-state index contributed by atoms with van der Waals surface area (Å²) in [7, 11) is 0. The molecular weight excluding hydrogens is 252 g/mol. The summed E-state index contributed by atoms with van der Waals surface area (Å²) in [6.45, 7) is 4.39. The molecule has 0 bridgehead atoms. The van der Waals surface area contributed by atoms with Gasteiger partial charge < -0.3 is 4.98 Å². The maximum atomic E-state index is 4.26. The van der Waals surface area contributed by atoms with Crippen molar-refractivity contribution in [1.29, 1.82) is 0 Å². The summed E-state index contributed by atoms with van der Waals surface area (Å²) in [4.78, 5) is 7.27. The van der Waals surface area contributed by atoms with Crippen molar-refractivity contribution < 1.29 is 0 Å². The van der Waals surface area contributed by atoms with E-state index in [1.54, 1.807) is 6.33 Å². The fourth-order valence-electron chi connectivity index (χ4n) is 1.51. The molecule has 78 valence electrons. The minimum Gasteiger partial charge on any atom is -0.339 e. The van der Waals surface area contributed by atoms with E-state index in [4.69, 9.17) is 0 Å². The van der Waals surface area contributed by atoms with Crippen LogP contribution in [0.1, 0.15) is 25.3 Å². The third-order valence-corrected chi connectivity index (χ3v) is 3.05. The monoisotopic (exact) mass is 264 g/mol. The second-order valence-electron chi connectivity index (χ2n) is 3.84. The van der Waals surface area contributed by atoms with Crippen LogP contribution in [0.3, 0.4) is 0 Å². The van der Waals surface area contributed by atoms with Crippen molar-refractivity contribution in [2.45, 2.75) is 19.8 Å². The zero-order chi connectivity index (χ0) is 10.8. The third kappa shape index (κ3) is 2.12. The standard InChI is InChI=1S/C12H13BrN2/c1-8(2)9-3-5-10(6-4-9)11-12(13)15-7-14-11/h3-8H,1-2H3,(H,14,15). The van der Waals surface area contributed by atoms with E-state index in [-0.39, 0.29) is 0 Å². The Morgan fingerprint density at radius 3 is 2.33 bits per heavy atom. The van der Waals surface area contributed by atoms with Gasteiger partial charge in [-0.25, -0.2) is 4.98 Å². The van der Waals surface area contributed by atoms with Crippen LogP contribution in [0.25, 0.3) is 11.3 Å². The number of hydrogen-bond donors (Lipinski definition) is 1. The van der Waals surface area contributed by atoms with Gasteiger partial charge in [-0.1, -0.05) is 38.1 Å². The second kappa shape index (κ2) is 4.19. The molecule has 1 aromatic heterocycles. The Kier molecular flexibility index (Phi) is 2.91. The molecule has 0 aliphatic rings. The molecule has 15 heavy (non-hydrogen) atoms. The topological polar surface area (TPSA) is 28.7 Å². The van der Waals surface area contributed by atoms with Crippen LogP contribution in [0.5, 0.6) is 0 Å². The molecule has 0 unspecified atom stereocenters. The SMILES string of the molecule is CC(C)c1ccc(-c2nc[nH]c2Br)cc1. The van der Waals surface area contributed by atoms with Crippen LogP contribution in [-0.4, -0.2) is 9.97 Å². The average molecular weight is 265 g/mol. The van der Waals surface area contributed by atoms with Crippen molar-refractivity contribution in [3.63, 3.8) is 0 Å². The number of nitrogens with one attached hydrogen (secondary N) is 1. The quantitative estimate of drug-likeness (QED) is 0.874. The first-order valence-electron chi connectivity index (χ1n) is 4.97. The Labute approximate surface area is 97.9 Å². The number of hydrogen-bond acceptors (Lipinski definition) is 1. The van der Waals surface area contributed by atoms with Crippen molar-refractivity contribution >= 4 is 15.9 Å². The summed E-state index contributed by atoms with van der Waals surface area (Å²) in [6.07, 6.45) is 1.69. The van der Waals surface area contributed by atoms with Crippen LogP contribution in [-0.2, 0) is 0 Å². The number of nitrogens with zero attached hydrogens (tertiary/aromatic N) is 1. The third-order valence-electron chi connectivity index (χ3n) is 2.44. The van der Waals surface area contributed by atoms with Crippen molar-refractivity contribution in [1.82, 2.24) is 9.97 Å². The number of rotatable bonds is 2. The lowest BCUT2D eigenvalue weighted by molar-refractivity contribution is 0.867. The van der Waals surface area contributed by atoms with Crippen LogP contribution in [0.2, 0.25) is 0 Å². The summed E-state index contributed by atoms with van der Waals surface area (Å²) in [6, 6.07) is 8.52. The summed E-state index contributed by atoms with van der Waals surface area (Å²) >= 11 is 3.43. The van der Waals surface area contributed by atoms with Crippen molar-refractivity contribution in [2.75, 3.05) is 0 Å². The molecule has 1 aromatic carbocycles. The first-order valence-corrected chi connectivity index (χ1v) is 5.77. The van der Waals surface area contributed by atoms with Gasteiger partial charge in [-0.05, 0) is 27.4 Å². The van der Waals surface area contributed by atoms with E-state index in [0.29, 0.717) is 5.92 Å². The largest absolute Gasteiger partial charge is 0.339 e. The number of imidazole rings is 1. The molecule has 2 rings (SSSR count). The fraction of sp³-hybridized carbons (Fsp3) is 0.250. The number of aromatic nitrogens is 2. The minimum absolute atomic E-state index is 0.571. The van der Waals surface area contributed by atoms with Gasteiger partial charge in [-0.2, -0.15) is 0 Å². The molecule has 1 N–H and O–H groups in total. The molecule has 3 heteroatoms. The van der Waals surface area contributed by atoms with Crippen LogP contribution in [0.4, 0.5) is 0 Å². The zero-order valence-electron chi connectivity index (χ0n) is 8.79. The van der Waals surface area contributed by atoms with E-state index < -0.39 is 0 Å². The smallest absolute Gasteiger partial charge is 0.110 e. The summed E-state index contributed by atoms with van der Waals surface area (Å²) in [5.74, 6) is 0.571. The van der Waals surface area contributed by atoms with Crippen LogP contribution in [0.15, 0.2) is 35.2 Å². The van der Waals surface area contributed by atoms with E-state index in [2.05, 4.69) is 64.0 Å². The van der Waals surface area contributed by atoms with Gasteiger partial charge in [0.1, 0.15) is 10.3 Å². The Morgan fingerprint density at radius 2 is 1.87 bits per heavy atom. The van der Waals surface area contributed by atoms with Crippen LogP contribution < -0.4 is 0 Å². The Hall–Kier alpha value is -1.09. The Morgan fingerprint density at radius 1 is 1.20 bits per heavy atom. The number of aromatic amines is 1. The van der Waals surface area contributed by atoms with E-state index in [0.717, 1.165) is 15.9 Å². The average Bonchev–Trinajstić information content (AvgIpc) is 2.65. The Balaban J connectivity index is 2.36. The lowest BCUT2D eigenvalue weighted by Gasteiger charge is -2.05. The van der Waals surface area contributed by atoms with Gasteiger partial charge in [0.15, 0.2) is 0 Å². The fourth-order valence-corrected chi connectivity index (χ4v) is 1.94. The van der Waals surface area contributed by atoms with E-state index >= 15 is 0 Å². The summed E-state index contributed by atoms with van der Waals surface area (Å²) < 4.78 is 0.930. The molecule has 2 nitrogen and oxygen atoms in total. The van der Waals surface area contributed by atoms with Gasteiger partial charge in [-0.15, -0.1) is 0 Å². The number of H-pyrrole nitrogens is 1. The van der Waals surface area contributed by atoms with Crippen molar-refractivity contribution in [2.24, 2.45) is 0 Å². The highest BCUT2D eigenvalue weighted by Crippen LogP contribution is 2.25. The molecule has 0 saturated carbocycles. The van der Waals surface area contributed by atoms with Gasteiger partial charge in [0.2, 0.25) is 0 Å². The molecule has 0 radical (unpaired) electrons. The van der Waals surface area contributed by atoms with Crippen LogP contribution in [0, 0.1) is 0 Å². The number of benzene rings is 1. The zero-order valence-corrected chi connectivity index (χ0v) is 10.4. The molecule has 0 atom stereocenters. The van der Waals surface area contributed by atoms with Gasteiger partial charge in [-0.3, -0.25) is 0 Å². The molecule has 0 fully saturated rings. The van der Waals surface area contributed by atoms with E-state index in [9.17, 15) is 0 Å². The lowest BCUT2D eigenvalue weighted by Crippen LogP contribution is -1.87. The molecule has 0 aliphatic carbocycles. The summed E-state index contributed by atoms with van der Waals surface area (Å²) in [5.41, 5.74) is 3.45. The molecule has 0 amide bonds. The predicted molar refractivity (Wildman–Crippen MR) is 65.8 cm³/mol. The highest BCUT2D eigenvalue weighted by Gasteiger charge is 2.06. The van der Waals surface area contributed by atoms with Gasteiger partial charge in [0.05, 0.1) is 6.33 Å². The number of halogens is 1. The van der Waals surface area contributed by atoms with E-state index in [1.165, 1.54) is 5.56 Å². The van der Waals surface area contributed by atoms with Crippen molar-refractivity contribution in [3.05, 3.63) is 40.8 Å². The molecule has 1 heterocycles.